The molecule has 0 aromatic heterocycles. The van der Waals surface area contributed by atoms with Gasteiger partial charge in [-0.05, 0) is 25.7 Å². The summed E-state index contributed by atoms with van der Waals surface area (Å²) in [6.07, 6.45) is 5.51. The Kier molecular flexibility index (Phi) is 47.1. The standard InChI is InChI=1S/C43H78N4O16.CH4O/c1-35(38(49)9-10-40(44)51)7-3-5-13-46-41(52)11-15-55-17-19-57-21-23-59-25-27-61-29-31-63-32-30-62-28-26-60-24-22-58-20-18-56-16-12-42(53)47-14-6-4-8-36(2)39(50)33-37(34-48)43(45)54;1-2/h34-36,48H,3-33H2,1-2H3,(H2,44,51)(H2,45,54)(H,46,52)(H,47,53);2H,1H3/b37-34-;. The first kappa shape index (κ1) is 63.4. The van der Waals surface area contributed by atoms with E-state index in [1.165, 1.54) is 0 Å². The van der Waals surface area contributed by atoms with Crippen molar-refractivity contribution in [3.8, 4) is 0 Å². The van der Waals surface area contributed by atoms with Crippen molar-refractivity contribution in [2.45, 2.75) is 84.5 Å². The van der Waals surface area contributed by atoms with Gasteiger partial charge in [0.2, 0.25) is 23.6 Å². The van der Waals surface area contributed by atoms with Gasteiger partial charge in [0, 0.05) is 64.1 Å². The Labute approximate surface area is 385 Å². The maximum absolute atomic E-state index is 12.1. The largest absolute Gasteiger partial charge is 0.515 e. The lowest BCUT2D eigenvalue weighted by Gasteiger charge is -2.11. The van der Waals surface area contributed by atoms with E-state index in [2.05, 4.69) is 10.6 Å². The molecule has 21 nitrogen and oxygen atoms in total. The van der Waals surface area contributed by atoms with Crippen molar-refractivity contribution in [2.75, 3.05) is 139 Å². The molecule has 0 aliphatic rings. The molecule has 2 unspecified atom stereocenters. The fourth-order valence-corrected chi connectivity index (χ4v) is 5.35. The Morgan fingerprint density at radius 3 is 1.06 bits per heavy atom. The predicted molar refractivity (Wildman–Crippen MR) is 240 cm³/mol. The van der Waals surface area contributed by atoms with Crippen molar-refractivity contribution in [1.82, 2.24) is 10.6 Å². The zero-order chi connectivity index (χ0) is 48.6. The zero-order valence-electron chi connectivity index (χ0n) is 39.3. The van der Waals surface area contributed by atoms with E-state index < -0.39 is 11.8 Å². The number of nitrogens with two attached hydrogens (primary N) is 2. The van der Waals surface area contributed by atoms with Crippen LogP contribution in [-0.2, 0) is 71.4 Å². The molecule has 380 valence electrons. The summed E-state index contributed by atoms with van der Waals surface area (Å²) in [6, 6.07) is 0. The first-order valence-electron chi connectivity index (χ1n) is 22.6. The maximum atomic E-state index is 12.1. The highest BCUT2D eigenvalue weighted by Gasteiger charge is 2.17. The Balaban J connectivity index is 0. The van der Waals surface area contributed by atoms with E-state index in [1.54, 1.807) is 6.92 Å². The number of unbranched alkanes of at least 4 members (excludes halogenated alkanes) is 2. The summed E-state index contributed by atoms with van der Waals surface area (Å²) in [7, 11) is 1.00. The molecule has 0 saturated heterocycles. The minimum Gasteiger partial charge on any atom is -0.515 e. The number of carbonyl (C=O) groups excluding carboxylic acids is 6. The number of hydrogen-bond donors (Lipinski definition) is 6. The molecule has 0 aliphatic heterocycles. The first-order valence-corrected chi connectivity index (χ1v) is 22.6. The highest BCUT2D eigenvalue weighted by molar-refractivity contribution is 5.98. The number of carbonyl (C=O) groups is 6. The van der Waals surface area contributed by atoms with Crippen LogP contribution in [0.25, 0.3) is 0 Å². The molecule has 0 aromatic carbocycles. The van der Waals surface area contributed by atoms with Gasteiger partial charge in [0.1, 0.15) is 11.6 Å². The van der Waals surface area contributed by atoms with Crippen LogP contribution < -0.4 is 22.1 Å². The predicted octanol–water partition coefficient (Wildman–Crippen LogP) is 1.09. The number of Topliss-reactive ketones (excluding diaryl/α,β-unsaturated/α-hetero) is 2. The molecular weight excluding hydrogens is 856 g/mol. The van der Waals surface area contributed by atoms with Crippen LogP contribution in [0.1, 0.15) is 84.5 Å². The van der Waals surface area contributed by atoms with Gasteiger partial charge in [-0.2, -0.15) is 0 Å². The van der Waals surface area contributed by atoms with E-state index in [-0.39, 0.29) is 79.5 Å². The molecule has 0 aliphatic carbocycles. The van der Waals surface area contributed by atoms with Crippen LogP contribution in [0.2, 0.25) is 0 Å². The molecule has 0 heterocycles. The number of ketones is 2. The molecule has 0 spiro atoms. The number of aliphatic hydroxyl groups is 2. The van der Waals surface area contributed by atoms with E-state index in [1.807, 2.05) is 6.92 Å². The second-order valence-electron chi connectivity index (χ2n) is 14.6. The summed E-state index contributed by atoms with van der Waals surface area (Å²) < 4.78 is 49.2. The quantitative estimate of drug-likeness (QED) is 0.0283. The maximum Gasteiger partial charge on any atom is 0.248 e. The lowest BCUT2D eigenvalue weighted by molar-refractivity contribution is -0.126. The van der Waals surface area contributed by atoms with E-state index in [0.29, 0.717) is 151 Å². The molecule has 65 heavy (non-hydrogen) atoms. The Bertz CT molecular complexity index is 1240. The summed E-state index contributed by atoms with van der Waals surface area (Å²) in [5, 5.41) is 21.7. The van der Waals surface area contributed by atoms with Crippen LogP contribution in [0.3, 0.4) is 0 Å². The first-order chi connectivity index (χ1) is 31.5. The van der Waals surface area contributed by atoms with Crippen LogP contribution in [0, 0.1) is 11.8 Å². The summed E-state index contributed by atoms with van der Waals surface area (Å²) in [5.74, 6) is -2.00. The molecule has 8 N–H and O–H groups in total. The van der Waals surface area contributed by atoms with Gasteiger partial charge < -0.3 is 74.9 Å². The van der Waals surface area contributed by atoms with Crippen LogP contribution in [0.4, 0.5) is 0 Å². The lowest BCUT2D eigenvalue weighted by Crippen LogP contribution is -2.26. The van der Waals surface area contributed by atoms with Crippen LogP contribution in [-0.4, -0.2) is 185 Å². The van der Waals surface area contributed by atoms with E-state index in [0.717, 1.165) is 26.4 Å². The van der Waals surface area contributed by atoms with E-state index in [9.17, 15) is 28.8 Å². The SMILES string of the molecule is CC(CCCCNC(=O)CCOCCOCCOCCOCCOCCOCCOCCOCCOCCC(=O)NCCCCC(C)C(=O)C/C(=C/O)C(N)=O)C(=O)CCC(N)=O.CO. The number of ether oxygens (including phenoxy) is 9. The number of amides is 4. The minimum atomic E-state index is -0.815. The molecule has 0 rings (SSSR count). The second kappa shape index (κ2) is 48.3. The Morgan fingerprint density at radius 1 is 0.462 bits per heavy atom. The van der Waals surface area contributed by atoms with Gasteiger partial charge in [-0.15, -0.1) is 0 Å². The third-order valence-electron chi connectivity index (χ3n) is 9.25. The highest BCUT2D eigenvalue weighted by Crippen LogP contribution is 2.14. The molecule has 0 bridgehead atoms. The van der Waals surface area contributed by atoms with Gasteiger partial charge >= 0.3 is 0 Å². The smallest absolute Gasteiger partial charge is 0.248 e. The zero-order valence-corrected chi connectivity index (χ0v) is 39.3. The van der Waals surface area contributed by atoms with Crippen molar-refractivity contribution < 1.29 is 81.6 Å². The van der Waals surface area contributed by atoms with Crippen molar-refractivity contribution in [2.24, 2.45) is 23.3 Å². The van der Waals surface area contributed by atoms with Crippen LogP contribution >= 0.6 is 0 Å². The summed E-state index contributed by atoms with van der Waals surface area (Å²) in [4.78, 5) is 69.9. The average molecular weight is 939 g/mol. The van der Waals surface area contributed by atoms with Gasteiger partial charge in [-0.1, -0.05) is 26.7 Å². The third-order valence-corrected chi connectivity index (χ3v) is 9.25. The van der Waals surface area contributed by atoms with Gasteiger partial charge in [-0.25, -0.2) is 0 Å². The second-order valence-corrected chi connectivity index (χ2v) is 14.6. The third kappa shape index (κ3) is 45.3. The lowest BCUT2D eigenvalue weighted by atomic mass is 9.95. The van der Waals surface area contributed by atoms with Crippen LogP contribution in [0.5, 0.6) is 0 Å². The summed E-state index contributed by atoms with van der Waals surface area (Å²) in [5.41, 5.74) is 10.1. The molecule has 4 amide bonds. The molecule has 21 heteroatoms. The minimum absolute atomic E-state index is 0.0431. The number of rotatable bonds is 48. The van der Waals surface area contributed by atoms with Crippen molar-refractivity contribution in [3.63, 3.8) is 0 Å². The van der Waals surface area contributed by atoms with Gasteiger partial charge in [-0.3, -0.25) is 28.8 Å². The molecule has 0 aromatic rings. The summed E-state index contributed by atoms with van der Waals surface area (Å²) in [6.45, 7) is 12.0. The van der Waals surface area contributed by atoms with Crippen LogP contribution in [0.15, 0.2) is 11.8 Å². The molecule has 0 saturated carbocycles. The highest BCUT2D eigenvalue weighted by atomic mass is 16.6. The van der Waals surface area contributed by atoms with E-state index >= 15 is 0 Å². The number of nitrogens with one attached hydrogen (secondary N) is 2. The molecule has 0 radical (unpaired) electrons. The number of primary amides is 2. The van der Waals surface area contributed by atoms with Crippen molar-refractivity contribution >= 4 is 35.2 Å². The van der Waals surface area contributed by atoms with Crippen molar-refractivity contribution in [1.29, 1.82) is 0 Å². The Hall–Kier alpha value is -3.64. The average Bonchev–Trinajstić information content (AvgIpc) is 3.29. The van der Waals surface area contributed by atoms with Crippen molar-refractivity contribution in [3.05, 3.63) is 11.8 Å². The molecular formula is C44H82N4O17. The summed E-state index contributed by atoms with van der Waals surface area (Å²) >= 11 is 0. The van der Waals surface area contributed by atoms with Gasteiger partial charge in [0.25, 0.3) is 0 Å². The fraction of sp³-hybridized carbons (Fsp3) is 0.818. The topological polar surface area (TPSA) is 302 Å². The normalized spacial score (nSPS) is 12.2. The fourth-order valence-electron chi connectivity index (χ4n) is 5.35. The number of aliphatic hydroxyl groups excluding tert-OH is 2. The van der Waals surface area contributed by atoms with Gasteiger partial charge in [0.15, 0.2) is 0 Å². The number of hydrogen-bond acceptors (Lipinski definition) is 17. The van der Waals surface area contributed by atoms with Gasteiger partial charge in [0.05, 0.1) is 131 Å². The molecule has 2 atom stereocenters. The Morgan fingerprint density at radius 2 is 0.769 bits per heavy atom. The van der Waals surface area contributed by atoms with E-state index in [4.69, 9.17) is 64.3 Å². The monoisotopic (exact) mass is 939 g/mol. The molecule has 0 fully saturated rings.